The van der Waals surface area contributed by atoms with E-state index in [1.807, 2.05) is 13.1 Å². The van der Waals surface area contributed by atoms with Crippen molar-refractivity contribution in [2.75, 3.05) is 0 Å². The zero-order valence-electron chi connectivity index (χ0n) is 18.1. The second-order valence-electron chi connectivity index (χ2n) is 9.96. The lowest BCUT2D eigenvalue weighted by Gasteiger charge is -2.19. The Morgan fingerprint density at radius 2 is 1.18 bits per heavy atom. The molecule has 0 unspecified atom stereocenters. The van der Waals surface area contributed by atoms with Crippen LogP contribution in [0.2, 0.25) is 0 Å². The van der Waals surface area contributed by atoms with Crippen molar-refractivity contribution in [3.8, 4) is 5.69 Å². The number of hydrogen-bond donors (Lipinski definition) is 0. The van der Waals surface area contributed by atoms with E-state index in [4.69, 9.17) is 0 Å². The number of fused-ring (bicyclic) bond motifs is 3. The Morgan fingerprint density at radius 1 is 0.679 bits per heavy atom. The van der Waals surface area contributed by atoms with Crippen LogP contribution < -0.4 is 0 Å². The maximum Gasteiger partial charge on any atom is 0.0645 e. The van der Waals surface area contributed by atoms with Crippen LogP contribution in [0, 0.1) is 6.92 Å². The predicted molar refractivity (Wildman–Crippen MR) is 121 cm³/mol. The van der Waals surface area contributed by atoms with Gasteiger partial charge in [-0.05, 0) is 65.3 Å². The quantitative estimate of drug-likeness (QED) is 0.350. The van der Waals surface area contributed by atoms with E-state index in [2.05, 4.69) is 99.6 Å². The molecule has 0 N–H and O–H groups in total. The largest absolute Gasteiger partial charge is 0.308 e. The molecule has 2 heteroatoms. The lowest BCUT2D eigenvalue weighted by atomic mass is 9.85. The lowest BCUT2D eigenvalue weighted by molar-refractivity contribution is 0.590. The molecular weight excluding hydrogens is 340 g/mol. The Morgan fingerprint density at radius 3 is 1.57 bits per heavy atom. The van der Waals surface area contributed by atoms with Crippen molar-refractivity contribution in [2.24, 2.45) is 0 Å². The van der Waals surface area contributed by atoms with Crippen LogP contribution in [-0.4, -0.2) is 9.55 Å². The molecule has 2 aromatic carbocycles. The van der Waals surface area contributed by atoms with Gasteiger partial charge in [0.05, 0.1) is 22.9 Å². The first kappa shape index (κ1) is 18.7. The fourth-order valence-corrected chi connectivity index (χ4v) is 3.83. The monoisotopic (exact) mass is 370 g/mol. The van der Waals surface area contributed by atoms with Gasteiger partial charge in [0.25, 0.3) is 0 Å². The van der Waals surface area contributed by atoms with E-state index in [-0.39, 0.29) is 10.8 Å². The predicted octanol–water partition coefficient (Wildman–Crippen LogP) is 7.08. The van der Waals surface area contributed by atoms with Gasteiger partial charge in [0.2, 0.25) is 0 Å². The highest BCUT2D eigenvalue weighted by Gasteiger charge is 2.20. The molecule has 144 valence electrons. The molecule has 0 bridgehead atoms. The van der Waals surface area contributed by atoms with Crippen LogP contribution in [0.3, 0.4) is 0 Å². The molecule has 0 aliphatic rings. The topological polar surface area (TPSA) is 17.8 Å². The summed E-state index contributed by atoms with van der Waals surface area (Å²) in [6.45, 7) is 15.7. The number of rotatable bonds is 1. The van der Waals surface area contributed by atoms with Crippen LogP contribution in [-0.2, 0) is 10.8 Å². The molecule has 4 rings (SSSR count). The van der Waals surface area contributed by atoms with Crippen LogP contribution in [0.4, 0.5) is 0 Å². The molecule has 2 aromatic heterocycles. The second kappa shape index (κ2) is 6.20. The number of nitrogens with zero attached hydrogens (tertiary/aromatic N) is 2. The third-order valence-electron chi connectivity index (χ3n) is 5.65. The van der Waals surface area contributed by atoms with Gasteiger partial charge in [0.15, 0.2) is 0 Å². The normalized spacial score (nSPS) is 12.8. The Bertz CT molecular complexity index is 1090. The second-order valence-corrected chi connectivity index (χ2v) is 9.96. The highest BCUT2D eigenvalue weighted by atomic mass is 15.0. The Kier molecular flexibility index (Phi) is 4.15. The van der Waals surface area contributed by atoms with Crippen LogP contribution in [0.15, 0.2) is 54.7 Å². The average molecular weight is 371 g/mol. The van der Waals surface area contributed by atoms with Gasteiger partial charge in [-0.25, -0.2) is 0 Å². The molecule has 2 nitrogen and oxygen atoms in total. The first-order valence-corrected chi connectivity index (χ1v) is 10.1. The minimum atomic E-state index is 0.121. The van der Waals surface area contributed by atoms with Gasteiger partial charge in [-0.1, -0.05) is 53.7 Å². The van der Waals surface area contributed by atoms with E-state index in [9.17, 15) is 0 Å². The molecule has 0 aliphatic carbocycles. The van der Waals surface area contributed by atoms with Crippen LogP contribution in [0.25, 0.3) is 27.5 Å². The first-order chi connectivity index (χ1) is 13.1. The van der Waals surface area contributed by atoms with E-state index >= 15 is 0 Å². The van der Waals surface area contributed by atoms with Crippen molar-refractivity contribution in [1.82, 2.24) is 9.55 Å². The summed E-state index contributed by atoms with van der Waals surface area (Å²) < 4.78 is 2.34. The average Bonchev–Trinajstić information content (AvgIpc) is 2.94. The molecule has 28 heavy (non-hydrogen) atoms. The molecule has 0 spiro atoms. The van der Waals surface area contributed by atoms with E-state index in [1.165, 1.54) is 32.9 Å². The van der Waals surface area contributed by atoms with Gasteiger partial charge < -0.3 is 4.57 Å². The van der Waals surface area contributed by atoms with Crippen molar-refractivity contribution in [3.05, 3.63) is 71.5 Å². The fourth-order valence-electron chi connectivity index (χ4n) is 3.83. The summed E-state index contributed by atoms with van der Waals surface area (Å²) in [5.74, 6) is 0. The third kappa shape index (κ3) is 3.11. The van der Waals surface area contributed by atoms with E-state index in [0.717, 1.165) is 11.4 Å². The number of aryl methyl sites for hydroxylation is 1. The third-order valence-corrected chi connectivity index (χ3v) is 5.65. The molecule has 0 amide bonds. The van der Waals surface area contributed by atoms with Crippen molar-refractivity contribution >= 4 is 21.8 Å². The summed E-state index contributed by atoms with van der Waals surface area (Å²) in [5.41, 5.74) is 7.58. The molecule has 0 aliphatic heterocycles. The molecule has 0 atom stereocenters. The standard InChI is InChI=1S/C26H30N2/c1-17-8-11-20(16-27-17)28-23-12-9-18(25(2,3)4)14-21(23)22-15-19(26(5,6)7)10-13-24(22)28/h8-16H,1-7H3. The summed E-state index contributed by atoms with van der Waals surface area (Å²) in [5, 5.41) is 2.63. The molecule has 4 aromatic rings. The molecule has 0 saturated heterocycles. The maximum absolute atomic E-state index is 4.54. The number of aromatic nitrogens is 2. The number of pyridine rings is 1. The van der Waals surface area contributed by atoms with Crippen LogP contribution in [0.5, 0.6) is 0 Å². The highest BCUT2D eigenvalue weighted by Crippen LogP contribution is 2.37. The number of hydrogen-bond acceptors (Lipinski definition) is 1. The van der Waals surface area contributed by atoms with Crippen LogP contribution in [0.1, 0.15) is 58.4 Å². The maximum atomic E-state index is 4.54. The molecular formula is C26H30N2. The van der Waals surface area contributed by atoms with Crippen LogP contribution >= 0.6 is 0 Å². The molecule has 0 radical (unpaired) electrons. The van der Waals surface area contributed by atoms with Crippen molar-refractivity contribution < 1.29 is 0 Å². The zero-order chi connectivity index (χ0) is 20.3. The van der Waals surface area contributed by atoms with Crippen molar-refractivity contribution in [1.29, 1.82) is 0 Å². The summed E-state index contributed by atoms with van der Waals surface area (Å²) in [6, 6.07) is 18.1. The summed E-state index contributed by atoms with van der Waals surface area (Å²) in [6.07, 6.45) is 1.98. The van der Waals surface area contributed by atoms with Crippen molar-refractivity contribution in [3.63, 3.8) is 0 Å². The van der Waals surface area contributed by atoms with Gasteiger partial charge in [-0.15, -0.1) is 0 Å². The first-order valence-electron chi connectivity index (χ1n) is 10.1. The van der Waals surface area contributed by atoms with Gasteiger partial charge in [0, 0.05) is 16.5 Å². The fraction of sp³-hybridized carbons (Fsp3) is 0.346. The van der Waals surface area contributed by atoms with Gasteiger partial charge >= 0.3 is 0 Å². The van der Waals surface area contributed by atoms with Crippen molar-refractivity contribution in [2.45, 2.75) is 59.3 Å². The molecule has 0 saturated carbocycles. The zero-order valence-corrected chi connectivity index (χ0v) is 18.1. The summed E-state index contributed by atoms with van der Waals surface area (Å²) in [4.78, 5) is 4.54. The smallest absolute Gasteiger partial charge is 0.0645 e. The lowest BCUT2D eigenvalue weighted by Crippen LogP contribution is -2.10. The minimum Gasteiger partial charge on any atom is -0.308 e. The molecule has 2 heterocycles. The van der Waals surface area contributed by atoms with E-state index < -0.39 is 0 Å². The Hall–Kier alpha value is -2.61. The SMILES string of the molecule is Cc1ccc(-n2c3ccc(C(C)(C)C)cc3c3cc(C(C)(C)C)ccc32)cn1. The highest BCUT2D eigenvalue weighted by molar-refractivity contribution is 6.09. The molecule has 0 fully saturated rings. The van der Waals surface area contributed by atoms with Gasteiger partial charge in [-0.2, -0.15) is 0 Å². The minimum absolute atomic E-state index is 0.121. The summed E-state index contributed by atoms with van der Waals surface area (Å²) in [7, 11) is 0. The summed E-state index contributed by atoms with van der Waals surface area (Å²) >= 11 is 0. The van der Waals surface area contributed by atoms with E-state index in [0.29, 0.717) is 0 Å². The number of benzene rings is 2. The Balaban J connectivity index is 2.11. The van der Waals surface area contributed by atoms with Gasteiger partial charge in [0.1, 0.15) is 0 Å². The Labute approximate surface area is 168 Å². The van der Waals surface area contributed by atoms with E-state index in [1.54, 1.807) is 0 Å². The van der Waals surface area contributed by atoms with Gasteiger partial charge in [-0.3, -0.25) is 4.98 Å².